The van der Waals surface area contributed by atoms with Gasteiger partial charge in [-0.25, -0.2) is 22.6 Å². The average molecular weight is 338 g/mol. The van der Waals surface area contributed by atoms with E-state index in [4.69, 9.17) is 0 Å². The molecule has 0 spiro atoms. The number of aliphatic imine (C=N–C) groups is 1. The fourth-order valence-electron chi connectivity index (χ4n) is 1.72. The summed E-state index contributed by atoms with van der Waals surface area (Å²) in [6.45, 7) is 0. The van der Waals surface area contributed by atoms with E-state index in [1.807, 2.05) is 0 Å². The number of hydrogen-bond acceptors (Lipinski definition) is 5. The van der Waals surface area contributed by atoms with E-state index >= 15 is 0 Å². The van der Waals surface area contributed by atoms with E-state index in [0.717, 1.165) is 0 Å². The van der Waals surface area contributed by atoms with Crippen molar-refractivity contribution in [2.45, 2.75) is 5.75 Å². The highest BCUT2D eigenvalue weighted by Gasteiger charge is 2.19. The van der Waals surface area contributed by atoms with Crippen molar-refractivity contribution < 1.29 is 12.8 Å². The summed E-state index contributed by atoms with van der Waals surface area (Å²) < 4.78 is 38.7. The molecule has 122 valence electrons. The maximum atomic E-state index is 13.9. The third kappa shape index (κ3) is 4.22. The first kappa shape index (κ1) is 16.8. The number of aromatic nitrogens is 2. The van der Waals surface area contributed by atoms with Gasteiger partial charge in [0.1, 0.15) is 0 Å². The molecule has 0 atom stereocenters. The van der Waals surface area contributed by atoms with Crippen molar-refractivity contribution in [1.82, 2.24) is 13.9 Å². The van der Waals surface area contributed by atoms with Gasteiger partial charge in [-0.3, -0.25) is 0 Å². The number of halogens is 1. The van der Waals surface area contributed by atoms with Crippen molar-refractivity contribution in [3.63, 3.8) is 0 Å². The number of hydrogen-bond donors (Lipinski definition) is 0. The van der Waals surface area contributed by atoms with Gasteiger partial charge in [-0.1, -0.05) is 30.3 Å². The zero-order valence-electron chi connectivity index (χ0n) is 12.5. The molecule has 7 nitrogen and oxygen atoms in total. The van der Waals surface area contributed by atoms with Crippen LogP contribution in [0.1, 0.15) is 5.56 Å². The van der Waals surface area contributed by atoms with Gasteiger partial charge < -0.3 is 4.90 Å². The van der Waals surface area contributed by atoms with Gasteiger partial charge in [0.05, 0.1) is 18.3 Å². The summed E-state index contributed by atoms with van der Waals surface area (Å²) in [7, 11) is -0.756. The monoisotopic (exact) mass is 338 g/mol. The zero-order chi connectivity index (χ0) is 17.0. The first-order valence-electron chi connectivity index (χ1n) is 6.56. The molecule has 9 heteroatoms. The van der Waals surface area contributed by atoms with Gasteiger partial charge in [-0.15, -0.1) is 0 Å². The first-order valence-corrected chi connectivity index (χ1v) is 8.17. The second-order valence-corrected chi connectivity index (χ2v) is 6.79. The molecule has 0 unspecified atom stereocenters. The minimum Gasteiger partial charge on any atom is -0.369 e. The van der Waals surface area contributed by atoms with Gasteiger partial charge in [0, 0.05) is 14.1 Å². The standard InChI is InChI=1S/C14H15FN4O3S/c1-18(2)10-16-13-12(15)8-19(14(20)17-13)23(21,22)9-11-6-4-3-5-7-11/h3-8,10H,9H2,1-2H3. The van der Waals surface area contributed by atoms with Gasteiger partial charge in [0.15, 0.2) is 11.6 Å². The quantitative estimate of drug-likeness (QED) is 0.599. The molecule has 1 aromatic heterocycles. The van der Waals surface area contributed by atoms with E-state index in [-0.39, 0.29) is 0 Å². The summed E-state index contributed by atoms with van der Waals surface area (Å²) in [4.78, 5) is 20.5. The van der Waals surface area contributed by atoms with Crippen LogP contribution in [0.4, 0.5) is 10.2 Å². The van der Waals surface area contributed by atoms with E-state index in [2.05, 4.69) is 9.98 Å². The Morgan fingerprint density at radius 1 is 1.30 bits per heavy atom. The molecular weight excluding hydrogens is 323 g/mol. The lowest BCUT2D eigenvalue weighted by Crippen LogP contribution is -2.30. The van der Waals surface area contributed by atoms with E-state index in [1.54, 1.807) is 44.4 Å². The Hall–Kier alpha value is -2.55. The molecule has 23 heavy (non-hydrogen) atoms. The predicted molar refractivity (Wildman–Crippen MR) is 84.8 cm³/mol. The Kier molecular flexibility index (Phi) is 4.89. The number of rotatable bonds is 5. The van der Waals surface area contributed by atoms with Crippen molar-refractivity contribution in [3.8, 4) is 0 Å². The molecule has 0 aliphatic rings. The smallest absolute Gasteiger partial charge is 0.363 e. The minimum atomic E-state index is -4.08. The average Bonchev–Trinajstić information content (AvgIpc) is 2.48. The van der Waals surface area contributed by atoms with Crippen LogP contribution in [0.15, 0.2) is 46.3 Å². The maximum Gasteiger partial charge on any atom is 0.363 e. The van der Waals surface area contributed by atoms with Crippen LogP contribution in [-0.4, -0.2) is 42.7 Å². The largest absolute Gasteiger partial charge is 0.369 e. The van der Waals surface area contributed by atoms with Gasteiger partial charge in [-0.05, 0) is 5.56 Å². The predicted octanol–water partition coefficient (Wildman–Crippen LogP) is 0.982. The molecule has 0 bridgehead atoms. The molecule has 2 rings (SSSR count). The molecule has 1 aromatic carbocycles. The Morgan fingerprint density at radius 2 is 1.96 bits per heavy atom. The van der Waals surface area contributed by atoms with Gasteiger partial charge in [0.25, 0.3) is 0 Å². The van der Waals surface area contributed by atoms with Crippen LogP contribution in [0.2, 0.25) is 0 Å². The SMILES string of the molecule is CN(C)C=Nc1nc(=O)n(S(=O)(=O)Cc2ccccc2)cc1F. The summed E-state index contributed by atoms with van der Waals surface area (Å²) in [5, 5.41) is 0. The van der Waals surface area contributed by atoms with Crippen molar-refractivity contribution in [1.29, 1.82) is 0 Å². The second kappa shape index (κ2) is 6.69. The van der Waals surface area contributed by atoms with Crippen molar-refractivity contribution in [2.75, 3.05) is 14.1 Å². The van der Waals surface area contributed by atoms with Crippen LogP contribution in [0, 0.1) is 5.82 Å². The van der Waals surface area contributed by atoms with Crippen LogP contribution in [0.3, 0.4) is 0 Å². The van der Waals surface area contributed by atoms with Gasteiger partial charge in [-0.2, -0.15) is 8.96 Å². The lowest BCUT2D eigenvalue weighted by Gasteiger charge is -2.08. The number of benzene rings is 1. The van der Waals surface area contributed by atoms with Crippen LogP contribution in [0.25, 0.3) is 0 Å². The maximum absolute atomic E-state index is 13.9. The Morgan fingerprint density at radius 3 is 2.57 bits per heavy atom. The lowest BCUT2D eigenvalue weighted by atomic mass is 10.2. The van der Waals surface area contributed by atoms with Crippen molar-refractivity contribution in [3.05, 3.63) is 58.4 Å². The molecule has 0 fully saturated rings. The third-order valence-corrected chi connectivity index (χ3v) is 4.30. The summed E-state index contributed by atoms with van der Waals surface area (Å²) in [6, 6.07) is 8.28. The fourth-order valence-corrected chi connectivity index (χ4v) is 3.01. The highest BCUT2D eigenvalue weighted by atomic mass is 32.2. The molecule has 0 aliphatic carbocycles. The van der Waals surface area contributed by atoms with Gasteiger partial charge >= 0.3 is 5.69 Å². The topological polar surface area (TPSA) is 84.6 Å². The highest BCUT2D eigenvalue weighted by Crippen LogP contribution is 2.13. The zero-order valence-corrected chi connectivity index (χ0v) is 13.4. The molecule has 0 N–H and O–H groups in total. The summed E-state index contributed by atoms with van der Waals surface area (Å²) in [5.74, 6) is -1.90. The van der Waals surface area contributed by atoms with Crippen LogP contribution in [-0.2, 0) is 15.8 Å². The van der Waals surface area contributed by atoms with E-state index in [9.17, 15) is 17.6 Å². The summed E-state index contributed by atoms with van der Waals surface area (Å²) in [5.41, 5.74) is -0.622. The van der Waals surface area contributed by atoms with Crippen LogP contribution >= 0.6 is 0 Å². The number of nitrogens with zero attached hydrogens (tertiary/aromatic N) is 4. The molecule has 0 amide bonds. The third-order valence-electron chi connectivity index (χ3n) is 2.74. The van der Waals surface area contributed by atoms with E-state index in [0.29, 0.717) is 15.7 Å². The Labute approximate surface area is 132 Å². The van der Waals surface area contributed by atoms with Crippen LogP contribution in [0.5, 0.6) is 0 Å². The molecule has 0 aliphatic heterocycles. The summed E-state index contributed by atoms with van der Waals surface area (Å²) >= 11 is 0. The molecule has 0 radical (unpaired) electrons. The molecule has 2 aromatic rings. The van der Waals surface area contributed by atoms with E-state index in [1.165, 1.54) is 11.2 Å². The lowest BCUT2D eigenvalue weighted by molar-refractivity contribution is 0.570. The molecule has 0 saturated heterocycles. The molecule has 0 saturated carbocycles. The van der Waals surface area contributed by atoms with Crippen LogP contribution < -0.4 is 5.69 Å². The van der Waals surface area contributed by atoms with E-state index < -0.39 is 33.1 Å². The Bertz CT molecular complexity index is 877. The first-order chi connectivity index (χ1) is 10.8. The van der Waals surface area contributed by atoms with Crippen molar-refractivity contribution in [2.24, 2.45) is 4.99 Å². The molecule has 1 heterocycles. The second-order valence-electron chi connectivity index (χ2n) is 4.94. The normalized spacial score (nSPS) is 11.8. The van der Waals surface area contributed by atoms with Crippen molar-refractivity contribution >= 4 is 22.2 Å². The summed E-state index contributed by atoms with van der Waals surface area (Å²) in [6.07, 6.45) is 1.85. The minimum absolute atomic E-state index is 0.296. The Balaban J connectivity index is 2.40. The van der Waals surface area contributed by atoms with Gasteiger partial charge in [0.2, 0.25) is 10.0 Å². The highest BCUT2D eigenvalue weighted by molar-refractivity contribution is 7.89. The molecular formula is C14H15FN4O3S. The fraction of sp³-hybridized carbons (Fsp3) is 0.214.